The van der Waals surface area contributed by atoms with Crippen molar-refractivity contribution in [1.82, 2.24) is 0 Å². The predicted octanol–water partition coefficient (Wildman–Crippen LogP) is 3.51. The lowest BCUT2D eigenvalue weighted by atomic mass is 10.1. The summed E-state index contributed by atoms with van der Waals surface area (Å²) in [5.74, 6) is -0.322. The molecule has 6 nitrogen and oxygen atoms in total. The second-order valence-corrected chi connectivity index (χ2v) is 4.54. The molecule has 0 heterocycles. The lowest BCUT2D eigenvalue weighted by molar-refractivity contribution is -0.147. The average molecular weight is 334 g/mol. The molecule has 23 heavy (non-hydrogen) atoms. The molecule has 0 radical (unpaired) electrons. The Hall–Kier alpha value is -1.59. The Morgan fingerprint density at radius 1 is 0.826 bits per heavy atom. The van der Waals surface area contributed by atoms with E-state index in [-0.39, 0.29) is 23.8 Å². The van der Waals surface area contributed by atoms with Gasteiger partial charge in [0, 0.05) is 13.3 Å². The van der Waals surface area contributed by atoms with Crippen molar-refractivity contribution >= 4 is 17.9 Å². The van der Waals surface area contributed by atoms with Gasteiger partial charge in [-0.15, -0.1) is 0 Å². The zero-order valence-electron chi connectivity index (χ0n) is 15.8. The molecule has 0 N–H and O–H groups in total. The van der Waals surface area contributed by atoms with E-state index in [9.17, 15) is 14.4 Å². The standard InChI is InChI=1S/C7H14O2.C6H12O2.C4H8O2/c1-4-6(3)7(8)9-5-2;1-3-5-6(7)8-4-2;1-3-6-4(2)5/h6H,4-5H2,1-3H3;3-5H2,1-2H3;3H2,1-2H3. The first-order valence-corrected chi connectivity index (χ1v) is 8.25. The molecular formula is C17H34O6. The molecule has 138 valence electrons. The molecule has 0 bridgehead atoms. The number of hydrogen-bond donors (Lipinski definition) is 0. The molecule has 0 aromatic carbocycles. The van der Waals surface area contributed by atoms with Gasteiger partial charge in [-0.3, -0.25) is 14.4 Å². The van der Waals surface area contributed by atoms with Crippen LogP contribution in [0.2, 0.25) is 0 Å². The molecule has 0 spiro atoms. The van der Waals surface area contributed by atoms with Crippen LogP contribution in [0, 0.1) is 5.92 Å². The Labute approximate surface area is 140 Å². The summed E-state index contributed by atoms with van der Waals surface area (Å²) >= 11 is 0. The van der Waals surface area contributed by atoms with Crippen LogP contribution in [0.1, 0.15) is 67.7 Å². The Bertz CT molecular complexity index is 293. The molecule has 0 amide bonds. The highest BCUT2D eigenvalue weighted by Gasteiger charge is 2.09. The van der Waals surface area contributed by atoms with E-state index in [4.69, 9.17) is 4.74 Å². The van der Waals surface area contributed by atoms with Gasteiger partial charge in [0.2, 0.25) is 0 Å². The van der Waals surface area contributed by atoms with Crippen molar-refractivity contribution in [2.24, 2.45) is 5.92 Å². The van der Waals surface area contributed by atoms with E-state index in [1.165, 1.54) is 6.92 Å². The van der Waals surface area contributed by atoms with Crippen molar-refractivity contribution in [3.8, 4) is 0 Å². The monoisotopic (exact) mass is 334 g/mol. The Morgan fingerprint density at radius 2 is 1.30 bits per heavy atom. The summed E-state index contributed by atoms with van der Waals surface area (Å²) in [7, 11) is 0. The number of rotatable bonds is 7. The van der Waals surface area contributed by atoms with Crippen LogP contribution in [0.3, 0.4) is 0 Å². The summed E-state index contributed by atoms with van der Waals surface area (Å²) < 4.78 is 13.8. The first-order valence-electron chi connectivity index (χ1n) is 8.25. The van der Waals surface area contributed by atoms with Gasteiger partial charge in [-0.25, -0.2) is 0 Å². The minimum atomic E-state index is -0.211. The van der Waals surface area contributed by atoms with Crippen molar-refractivity contribution in [1.29, 1.82) is 0 Å². The zero-order chi connectivity index (χ0) is 18.7. The van der Waals surface area contributed by atoms with E-state index >= 15 is 0 Å². The maximum Gasteiger partial charge on any atom is 0.308 e. The third-order valence-electron chi connectivity index (χ3n) is 2.41. The van der Waals surface area contributed by atoms with Gasteiger partial charge >= 0.3 is 17.9 Å². The fraction of sp³-hybridized carbons (Fsp3) is 0.824. The van der Waals surface area contributed by atoms with Crippen molar-refractivity contribution in [3.05, 3.63) is 0 Å². The van der Waals surface area contributed by atoms with E-state index in [0.717, 1.165) is 12.8 Å². The third-order valence-corrected chi connectivity index (χ3v) is 2.41. The number of ether oxygens (including phenoxy) is 3. The van der Waals surface area contributed by atoms with Crippen LogP contribution in [0.15, 0.2) is 0 Å². The lowest BCUT2D eigenvalue weighted by Crippen LogP contribution is -2.13. The highest BCUT2D eigenvalue weighted by atomic mass is 16.5. The first kappa shape index (κ1) is 26.3. The number of hydrogen-bond acceptors (Lipinski definition) is 6. The lowest BCUT2D eigenvalue weighted by Gasteiger charge is -2.05. The molecule has 0 aliphatic heterocycles. The quantitative estimate of drug-likeness (QED) is 0.523. The number of carbonyl (C=O) groups is 3. The van der Waals surface area contributed by atoms with Crippen LogP contribution in [0.5, 0.6) is 0 Å². The van der Waals surface area contributed by atoms with Crippen molar-refractivity contribution in [3.63, 3.8) is 0 Å². The van der Waals surface area contributed by atoms with Crippen LogP contribution in [-0.2, 0) is 28.6 Å². The van der Waals surface area contributed by atoms with Gasteiger partial charge in [-0.2, -0.15) is 0 Å². The third kappa shape index (κ3) is 25.7. The molecular weight excluding hydrogens is 300 g/mol. The molecule has 0 saturated heterocycles. The Balaban J connectivity index is -0.000000266. The minimum absolute atomic E-state index is 0.0601. The molecule has 0 aliphatic rings. The molecule has 0 aromatic heterocycles. The predicted molar refractivity (Wildman–Crippen MR) is 89.9 cm³/mol. The summed E-state index contributed by atoms with van der Waals surface area (Å²) in [6, 6.07) is 0. The van der Waals surface area contributed by atoms with Crippen LogP contribution in [0.25, 0.3) is 0 Å². The molecule has 1 unspecified atom stereocenters. The summed E-state index contributed by atoms with van der Waals surface area (Å²) in [4.78, 5) is 31.0. The molecule has 0 rings (SSSR count). The highest BCUT2D eigenvalue weighted by Crippen LogP contribution is 2.02. The van der Waals surface area contributed by atoms with Gasteiger partial charge in [0.15, 0.2) is 0 Å². The molecule has 0 aliphatic carbocycles. The van der Waals surface area contributed by atoms with Gasteiger partial charge < -0.3 is 14.2 Å². The Kier molecular flexibility index (Phi) is 23.4. The smallest absolute Gasteiger partial charge is 0.308 e. The van der Waals surface area contributed by atoms with Crippen molar-refractivity contribution in [2.75, 3.05) is 19.8 Å². The molecule has 6 heteroatoms. The van der Waals surface area contributed by atoms with Gasteiger partial charge in [0.05, 0.1) is 25.7 Å². The first-order chi connectivity index (χ1) is 10.8. The highest BCUT2D eigenvalue weighted by molar-refractivity contribution is 5.71. The Morgan fingerprint density at radius 3 is 1.57 bits per heavy atom. The van der Waals surface area contributed by atoms with Crippen molar-refractivity contribution in [2.45, 2.75) is 67.7 Å². The summed E-state index contributed by atoms with van der Waals surface area (Å²) in [5, 5.41) is 0. The number of esters is 3. The van der Waals surface area contributed by atoms with E-state index in [2.05, 4.69) is 9.47 Å². The zero-order valence-corrected chi connectivity index (χ0v) is 15.8. The van der Waals surface area contributed by atoms with Gasteiger partial charge in [0.1, 0.15) is 0 Å². The second-order valence-electron chi connectivity index (χ2n) is 4.54. The molecule has 0 aromatic rings. The van der Waals surface area contributed by atoms with Gasteiger partial charge in [0.25, 0.3) is 0 Å². The van der Waals surface area contributed by atoms with Crippen LogP contribution >= 0.6 is 0 Å². The number of carbonyl (C=O) groups excluding carboxylic acids is 3. The van der Waals surface area contributed by atoms with Crippen molar-refractivity contribution < 1.29 is 28.6 Å². The summed E-state index contributed by atoms with van der Waals surface area (Å²) in [5.41, 5.74) is 0. The van der Waals surface area contributed by atoms with Gasteiger partial charge in [-0.05, 0) is 33.6 Å². The SMILES string of the molecule is CCCC(=O)OCC.CCOC(=O)C(C)CC.CCOC(C)=O. The summed E-state index contributed by atoms with van der Waals surface area (Å²) in [6.45, 7) is 14.1. The van der Waals surface area contributed by atoms with Crippen LogP contribution in [0.4, 0.5) is 0 Å². The fourth-order valence-electron chi connectivity index (χ4n) is 1.09. The maximum absolute atomic E-state index is 10.8. The van der Waals surface area contributed by atoms with Gasteiger partial charge in [-0.1, -0.05) is 20.8 Å². The van der Waals surface area contributed by atoms with Crippen LogP contribution in [-0.4, -0.2) is 37.7 Å². The molecule has 0 saturated carbocycles. The molecule has 0 fully saturated rings. The largest absolute Gasteiger partial charge is 0.466 e. The topological polar surface area (TPSA) is 78.9 Å². The van der Waals surface area contributed by atoms with E-state index in [0.29, 0.717) is 26.2 Å². The normalized spacial score (nSPS) is 10.0. The van der Waals surface area contributed by atoms with E-state index in [1.807, 2.05) is 34.6 Å². The maximum atomic E-state index is 10.8. The van der Waals surface area contributed by atoms with E-state index < -0.39 is 0 Å². The minimum Gasteiger partial charge on any atom is -0.466 e. The average Bonchev–Trinajstić information content (AvgIpc) is 2.48. The fourth-order valence-corrected chi connectivity index (χ4v) is 1.09. The van der Waals surface area contributed by atoms with E-state index in [1.54, 1.807) is 6.92 Å². The second kappa shape index (κ2) is 20.4. The van der Waals surface area contributed by atoms with Crippen LogP contribution < -0.4 is 0 Å². The molecule has 1 atom stereocenters. The summed E-state index contributed by atoms with van der Waals surface area (Å²) in [6.07, 6.45) is 2.28.